The summed E-state index contributed by atoms with van der Waals surface area (Å²) in [6.45, 7) is 0.702. The molecule has 16 heavy (non-hydrogen) atoms. The molecule has 0 atom stereocenters. The van der Waals surface area contributed by atoms with Crippen molar-refractivity contribution in [3.8, 4) is 5.75 Å². The maximum atomic E-state index is 5.90. The van der Waals surface area contributed by atoms with Gasteiger partial charge in [-0.15, -0.1) is 11.3 Å². The van der Waals surface area contributed by atoms with Gasteiger partial charge < -0.3 is 4.74 Å². The molecule has 1 aromatic heterocycles. The molecule has 0 spiro atoms. The second-order valence-corrected chi connectivity index (χ2v) is 5.15. The van der Waals surface area contributed by atoms with Crippen LogP contribution in [-0.4, -0.2) is 0 Å². The lowest BCUT2D eigenvalue weighted by Crippen LogP contribution is -1.96. The van der Waals surface area contributed by atoms with E-state index in [4.69, 9.17) is 4.74 Å². The lowest BCUT2D eigenvalue weighted by molar-refractivity contribution is 0.307. The van der Waals surface area contributed by atoms with E-state index in [2.05, 4.69) is 35.7 Å². The van der Waals surface area contributed by atoms with Crippen molar-refractivity contribution in [2.75, 3.05) is 0 Å². The smallest absolute Gasteiger partial charge is 0.123 e. The van der Waals surface area contributed by atoms with Crippen LogP contribution in [-0.2, 0) is 19.4 Å². The highest BCUT2D eigenvalue weighted by Gasteiger charge is 2.15. The number of rotatable bonds is 3. The lowest BCUT2D eigenvalue weighted by Gasteiger charge is -2.09. The van der Waals surface area contributed by atoms with Crippen molar-refractivity contribution in [3.05, 3.63) is 51.7 Å². The molecule has 0 amide bonds. The number of aryl methyl sites for hydroxylation is 1. The van der Waals surface area contributed by atoms with Gasteiger partial charge in [-0.2, -0.15) is 0 Å². The van der Waals surface area contributed by atoms with Gasteiger partial charge in [0.25, 0.3) is 0 Å². The van der Waals surface area contributed by atoms with Crippen LogP contribution in [0.15, 0.2) is 35.7 Å². The molecule has 3 rings (SSSR count). The minimum Gasteiger partial charge on any atom is -0.488 e. The van der Waals surface area contributed by atoms with E-state index < -0.39 is 0 Å². The Labute approximate surface area is 99.7 Å². The molecule has 82 valence electrons. The Morgan fingerprint density at radius 1 is 1.12 bits per heavy atom. The van der Waals surface area contributed by atoms with Gasteiger partial charge in [-0.1, -0.05) is 18.2 Å². The Kier molecular flexibility index (Phi) is 2.66. The normalized spacial score (nSPS) is 13.8. The average Bonchev–Trinajstić information content (AvgIpc) is 2.97. The SMILES string of the molecule is c1csc(COc2cccc3c2CCC3)c1. The third kappa shape index (κ3) is 1.85. The van der Waals surface area contributed by atoms with E-state index in [1.807, 2.05) is 0 Å². The summed E-state index contributed by atoms with van der Waals surface area (Å²) < 4.78 is 5.90. The predicted octanol–water partition coefficient (Wildman–Crippen LogP) is 3.82. The molecule has 0 saturated heterocycles. The number of ether oxygens (including phenoxy) is 1. The molecule has 2 aromatic rings. The molecular formula is C14H14OS. The molecule has 0 bridgehead atoms. The monoisotopic (exact) mass is 230 g/mol. The number of thiophene rings is 1. The van der Waals surface area contributed by atoms with Crippen molar-refractivity contribution in [1.82, 2.24) is 0 Å². The first-order chi connectivity index (χ1) is 7.93. The van der Waals surface area contributed by atoms with Crippen LogP contribution in [0, 0.1) is 0 Å². The highest BCUT2D eigenvalue weighted by Crippen LogP contribution is 2.31. The van der Waals surface area contributed by atoms with Crippen molar-refractivity contribution in [2.24, 2.45) is 0 Å². The first kappa shape index (κ1) is 9.91. The summed E-state index contributed by atoms with van der Waals surface area (Å²) in [5.41, 5.74) is 2.91. The summed E-state index contributed by atoms with van der Waals surface area (Å²) >= 11 is 1.75. The molecule has 2 heteroatoms. The second-order valence-electron chi connectivity index (χ2n) is 4.12. The fraction of sp³-hybridized carbons (Fsp3) is 0.286. The minimum absolute atomic E-state index is 0.702. The van der Waals surface area contributed by atoms with Crippen molar-refractivity contribution >= 4 is 11.3 Å². The highest BCUT2D eigenvalue weighted by atomic mass is 32.1. The zero-order valence-electron chi connectivity index (χ0n) is 9.11. The maximum Gasteiger partial charge on any atom is 0.123 e. The van der Waals surface area contributed by atoms with Gasteiger partial charge in [0.2, 0.25) is 0 Å². The van der Waals surface area contributed by atoms with E-state index in [-0.39, 0.29) is 0 Å². The number of benzene rings is 1. The fourth-order valence-electron chi connectivity index (χ4n) is 2.26. The van der Waals surface area contributed by atoms with Crippen LogP contribution in [0.25, 0.3) is 0 Å². The molecule has 0 saturated carbocycles. The quantitative estimate of drug-likeness (QED) is 0.779. The summed E-state index contributed by atoms with van der Waals surface area (Å²) in [4.78, 5) is 1.29. The zero-order valence-corrected chi connectivity index (χ0v) is 9.93. The second kappa shape index (κ2) is 4.30. The van der Waals surface area contributed by atoms with Gasteiger partial charge in [-0.25, -0.2) is 0 Å². The fourth-order valence-corrected chi connectivity index (χ4v) is 2.88. The van der Waals surface area contributed by atoms with Crippen LogP contribution >= 0.6 is 11.3 Å². The van der Waals surface area contributed by atoms with Crippen molar-refractivity contribution < 1.29 is 4.74 Å². The molecule has 1 aliphatic carbocycles. The highest BCUT2D eigenvalue weighted by molar-refractivity contribution is 7.09. The molecule has 1 nitrogen and oxygen atoms in total. The Hall–Kier alpha value is -1.28. The Bertz CT molecular complexity index is 473. The van der Waals surface area contributed by atoms with Crippen LogP contribution in [0.5, 0.6) is 5.75 Å². The average molecular weight is 230 g/mol. The minimum atomic E-state index is 0.702. The van der Waals surface area contributed by atoms with Crippen molar-refractivity contribution in [2.45, 2.75) is 25.9 Å². The molecule has 1 aromatic carbocycles. The van der Waals surface area contributed by atoms with E-state index >= 15 is 0 Å². The summed E-state index contributed by atoms with van der Waals surface area (Å²) in [5, 5.41) is 2.09. The summed E-state index contributed by atoms with van der Waals surface area (Å²) in [6.07, 6.45) is 3.66. The van der Waals surface area contributed by atoms with E-state index in [1.165, 1.54) is 35.3 Å². The Balaban J connectivity index is 1.78. The van der Waals surface area contributed by atoms with Crippen LogP contribution < -0.4 is 4.74 Å². The first-order valence-electron chi connectivity index (χ1n) is 5.69. The molecule has 0 N–H and O–H groups in total. The Morgan fingerprint density at radius 2 is 2.12 bits per heavy atom. The topological polar surface area (TPSA) is 9.23 Å². The van der Waals surface area contributed by atoms with E-state index in [0.717, 1.165) is 5.75 Å². The summed E-state index contributed by atoms with van der Waals surface area (Å²) in [5.74, 6) is 1.09. The van der Waals surface area contributed by atoms with Crippen LogP contribution in [0.1, 0.15) is 22.4 Å². The third-order valence-electron chi connectivity index (χ3n) is 3.05. The van der Waals surface area contributed by atoms with Crippen LogP contribution in [0.4, 0.5) is 0 Å². The zero-order chi connectivity index (χ0) is 10.8. The largest absolute Gasteiger partial charge is 0.488 e. The van der Waals surface area contributed by atoms with Gasteiger partial charge in [-0.3, -0.25) is 0 Å². The van der Waals surface area contributed by atoms with Crippen LogP contribution in [0.3, 0.4) is 0 Å². The van der Waals surface area contributed by atoms with Gasteiger partial charge >= 0.3 is 0 Å². The molecule has 0 fully saturated rings. The number of fused-ring (bicyclic) bond motifs is 1. The van der Waals surface area contributed by atoms with Crippen molar-refractivity contribution in [1.29, 1.82) is 0 Å². The molecule has 0 aliphatic heterocycles. The van der Waals surface area contributed by atoms with Gasteiger partial charge in [0.15, 0.2) is 0 Å². The molecular weight excluding hydrogens is 216 g/mol. The Morgan fingerprint density at radius 3 is 3.00 bits per heavy atom. The van der Waals surface area contributed by atoms with Gasteiger partial charge in [0, 0.05) is 4.88 Å². The lowest BCUT2D eigenvalue weighted by atomic mass is 10.1. The summed E-state index contributed by atoms with van der Waals surface area (Å²) in [7, 11) is 0. The van der Waals surface area contributed by atoms with E-state index in [9.17, 15) is 0 Å². The van der Waals surface area contributed by atoms with Gasteiger partial charge in [-0.05, 0) is 47.9 Å². The van der Waals surface area contributed by atoms with Gasteiger partial charge in [0.1, 0.15) is 12.4 Å². The van der Waals surface area contributed by atoms with Crippen molar-refractivity contribution in [3.63, 3.8) is 0 Å². The third-order valence-corrected chi connectivity index (χ3v) is 3.90. The molecule has 1 heterocycles. The number of hydrogen-bond acceptors (Lipinski definition) is 2. The van der Waals surface area contributed by atoms with Crippen LogP contribution in [0.2, 0.25) is 0 Å². The summed E-state index contributed by atoms with van der Waals surface area (Å²) in [6, 6.07) is 10.6. The van der Waals surface area contributed by atoms with E-state index in [0.29, 0.717) is 6.61 Å². The maximum absolute atomic E-state index is 5.90. The van der Waals surface area contributed by atoms with Gasteiger partial charge in [0.05, 0.1) is 0 Å². The molecule has 1 aliphatic rings. The number of hydrogen-bond donors (Lipinski definition) is 0. The molecule has 0 unspecified atom stereocenters. The molecule has 0 radical (unpaired) electrons. The standard InChI is InChI=1S/C14H14OS/c1-4-11-5-2-8-14(13(11)7-1)15-10-12-6-3-9-16-12/h2-3,5-6,8-9H,1,4,7,10H2. The van der Waals surface area contributed by atoms with E-state index in [1.54, 1.807) is 11.3 Å². The first-order valence-corrected chi connectivity index (χ1v) is 6.57. The predicted molar refractivity (Wildman–Crippen MR) is 67.1 cm³/mol.